The number of anilines is 1. The lowest BCUT2D eigenvalue weighted by Gasteiger charge is -2.10. The monoisotopic (exact) mass is 330 g/mol. The molecule has 1 aliphatic rings. The summed E-state index contributed by atoms with van der Waals surface area (Å²) in [7, 11) is 0. The standard InChI is InChI=1S/C17H13F3N4/c18-17(19,20)12-4-1-5-13(9-12)24-16-14(6-8-22-16)15(23-24)11-3-2-7-21-10-11/h1-5,7,9-10,22H,6,8H2. The highest BCUT2D eigenvalue weighted by Gasteiger charge is 2.31. The van der Waals surface area contributed by atoms with Gasteiger partial charge in [0.15, 0.2) is 0 Å². The molecule has 0 saturated carbocycles. The number of hydrogen-bond donors (Lipinski definition) is 1. The van der Waals surface area contributed by atoms with E-state index in [1.54, 1.807) is 23.1 Å². The van der Waals surface area contributed by atoms with Crippen LogP contribution >= 0.6 is 0 Å². The molecule has 0 bridgehead atoms. The van der Waals surface area contributed by atoms with Crippen LogP contribution in [0.5, 0.6) is 0 Å². The van der Waals surface area contributed by atoms with E-state index in [0.717, 1.165) is 47.7 Å². The highest BCUT2D eigenvalue weighted by atomic mass is 19.4. The third-order valence-electron chi connectivity index (χ3n) is 4.00. The summed E-state index contributed by atoms with van der Waals surface area (Å²) in [5, 5.41) is 7.76. The predicted molar refractivity (Wildman–Crippen MR) is 84.0 cm³/mol. The van der Waals surface area contributed by atoms with Crippen molar-refractivity contribution in [2.45, 2.75) is 12.6 Å². The molecular formula is C17H13F3N4. The molecule has 0 unspecified atom stereocenters. The van der Waals surface area contributed by atoms with Crippen LogP contribution in [0.4, 0.5) is 19.0 Å². The average Bonchev–Trinajstić information content (AvgIpc) is 3.17. The predicted octanol–water partition coefficient (Wildman–Crippen LogP) is 3.92. The molecular weight excluding hydrogens is 317 g/mol. The fourth-order valence-corrected chi connectivity index (χ4v) is 2.91. The topological polar surface area (TPSA) is 42.7 Å². The molecule has 0 aliphatic carbocycles. The molecule has 1 aromatic carbocycles. The van der Waals surface area contributed by atoms with E-state index in [0.29, 0.717) is 5.69 Å². The average molecular weight is 330 g/mol. The smallest absolute Gasteiger partial charge is 0.369 e. The van der Waals surface area contributed by atoms with Crippen molar-refractivity contribution in [1.82, 2.24) is 14.8 Å². The van der Waals surface area contributed by atoms with Crippen LogP contribution in [-0.2, 0) is 12.6 Å². The van der Waals surface area contributed by atoms with Crippen molar-refractivity contribution in [1.29, 1.82) is 0 Å². The maximum Gasteiger partial charge on any atom is 0.416 e. The molecule has 0 saturated heterocycles. The van der Waals surface area contributed by atoms with Gasteiger partial charge in [0.1, 0.15) is 5.82 Å². The lowest BCUT2D eigenvalue weighted by molar-refractivity contribution is -0.137. The summed E-state index contributed by atoms with van der Waals surface area (Å²) >= 11 is 0. The van der Waals surface area contributed by atoms with Gasteiger partial charge < -0.3 is 5.32 Å². The maximum atomic E-state index is 13.0. The number of nitrogens with one attached hydrogen (secondary N) is 1. The van der Waals surface area contributed by atoms with E-state index < -0.39 is 11.7 Å². The van der Waals surface area contributed by atoms with Gasteiger partial charge in [-0.1, -0.05) is 6.07 Å². The Morgan fingerprint density at radius 3 is 2.75 bits per heavy atom. The third kappa shape index (κ3) is 2.42. The Morgan fingerprint density at radius 2 is 2.00 bits per heavy atom. The first-order chi connectivity index (χ1) is 11.5. The Balaban J connectivity index is 1.86. The quantitative estimate of drug-likeness (QED) is 0.774. The minimum atomic E-state index is -4.38. The first-order valence-corrected chi connectivity index (χ1v) is 7.48. The molecule has 3 heterocycles. The van der Waals surface area contributed by atoms with Crippen molar-refractivity contribution in [3.63, 3.8) is 0 Å². The first-order valence-electron chi connectivity index (χ1n) is 7.48. The number of pyridine rings is 1. The Morgan fingerprint density at radius 1 is 1.12 bits per heavy atom. The summed E-state index contributed by atoms with van der Waals surface area (Å²) in [6.07, 6.45) is -0.229. The van der Waals surface area contributed by atoms with Gasteiger partial charge in [-0.25, -0.2) is 4.68 Å². The summed E-state index contributed by atoms with van der Waals surface area (Å²) in [4.78, 5) is 4.10. The molecule has 2 aromatic heterocycles. The second-order valence-electron chi connectivity index (χ2n) is 5.55. The second-order valence-corrected chi connectivity index (χ2v) is 5.55. The van der Waals surface area contributed by atoms with Crippen LogP contribution in [0.15, 0.2) is 48.8 Å². The zero-order chi connectivity index (χ0) is 16.7. The normalized spacial score (nSPS) is 13.6. The number of benzene rings is 1. The Bertz CT molecular complexity index is 885. The number of rotatable bonds is 2. The van der Waals surface area contributed by atoms with E-state index in [9.17, 15) is 13.2 Å². The summed E-state index contributed by atoms with van der Waals surface area (Å²) in [6, 6.07) is 8.89. The van der Waals surface area contributed by atoms with Crippen molar-refractivity contribution < 1.29 is 13.2 Å². The SMILES string of the molecule is FC(F)(F)c1cccc(-n2nc(-c3cccnc3)c3c2NCC3)c1. The van der Waals surface area contributed by atoms with Gasteiger partial charge in [-0.2, -0.15) is 18.3 Å². The fourth-order valence-electron chi connectivity index (χ4n) is 2.91. The highest BCUT2D eigenvalue weighted by molar-refractivity contribution is 5.72. The Hall–Kier alpha value is -2.83. The molecule has 1 aliphatic heterocycles. The molecule has 0 atom stereocenters. The van der Waals surface area contributed by atoms with Crippen molar-refractivity contribution in [2.24, 2.45) is 0 Å². The van der Waals surface area contributed by atoms with E-state index in [1.165, 1.54) is 6.07 Å². The molecule has 7 heteroatoms. The molecule has 122 valence electrons. The van der Waals surface area contributed by atoms with E-state index in [2.05, 4.69) is 15.4 Å². The number of hydrogen-bond acceptors (Lipinski definition) is 3. The molecule has 0 spiro atoms. The minimum Gasteiger partial charge on any atom is -0.369 e. The Kier molecular flexibility index (Phi) is 3.30. The molecule has 4 nitrogen and oxygen atoms in total. The first kappa shape index (κ1) is 14.7. The van der Waals surface area contributed by atoms with Crippen molar-refractivity contribution in [3.8, 4) is 16.9 Å². The highest BCUT2D eigenvalue weighted by Crippen LogP contribution is 2.36. The van der Waals surface area contributed by atoms with Gasteiger partial charge in [0, 0.05) is 30.1 Å². The molecule has 0 amide bonds. The lowest BCUT2D eigenvalue weighted by atomic mass is 10.1. The number of fused-ring (bicyclic) bond motifs is 1. The zero-order valence-corrected chi connectivity index (χ0v) is 12.5. The number of nitrogens with zero attached hydrogens (tertiary/aromatic N) is 3. The van der Waals surface area contributed by atoms with Crippen LogP contribution in [0.2, 0.25) is 0 Å². The molecule has 0 radical (unpaired) electrons. The van der Waals surface area contributed by atoms with Gasteiger partial charge in [-0.05, 0) is 36.8 Å². The Labute approximate surface area is 136 Å². The van der Waals surface area contributed by atoms with Gasteiger partial charge in [-0.3, -0.25) is 4.98 Å². The van der Waals surface area contributed by atoms with Gasteiger partial charge in [0.25, 0.3) is 0 Å². The van der Waals surface area contributed by atoms with E-state index >= 15 is 0 Å². The maximum absolute atomic E-state index is 13.0. The van der Waals surface area contributed by atoms with Crippen LogP contribution < -0.4 is 5.32 Å². The molecule has 3 aromatic rings. The second kappa shape index (κ2) is 5.36. The number of halogens is 3. The third-order valence-corrected chi connectivity index (χ3v) is 4.00. The molecule has 1 N–H and O–H groups in total. The van der Waals surface area contributed by atoms with Crippen molar-refractivity contribution >= 4 is 5.82 Å². The number of aromatic nitrogens is 3. The lowest BCUT2D eigenvalue weighted by Crippen LogP contribution is -2.08. The molecule has 0 fully saturated rings. The van der Waals surface area contributed by atoms with E-state index in [1.807, 2.05) is 12.1 Å². The van der Waals surface area contributed by atoms with Gasteiger partial charge in [0.2, 0.25) is 0 Å². The summed E-state index contributed by atoms with van der Waals surface area (Å²) in [5.41, 5.74) is 2.29. The van der Waals surface area contributed by atoms with Gasteiger partial charge in [-0.15, -0.1) is 0 Å². The van der Waals surface area contributed by atoms with E-state index in [4.69, 9.17) is 0 Å². The van der Waals surface area contributed by atoms with Gasteiger partial charge >= 0.3 is 6.18 Å². The van der Waals surface area contributed by atoms with E-state index in [-0.39, 0.29) is 0 Å². The van der Waals surface area contributed by atoms with Crippen LogP contribution in [0.25, 0.3) is 16.9 Å². The minimum absolute atomic E-state index is 0.380. The molecule has 24 heavy (non-hydrogen) atoms. The van der Waals surface area contributed by atoms with Crippen LogP contribution in [0.3, 0.4) is 0 Å². The summed E-state index contributed by atoms with van der Waals surface area (Å²) in [6.45, 7) is 0.736. The van der Waals surface area contributed by atoms with Crippen LogP contribution in [-0.4, -0.2) is 21.3 Å². The van der Waals surface area contributed by atoms with Crippen molar-refractivity contribution in [2.75, 3.05) is 11.9 Å². The van der Waals surface area contributed by atoms with Gasteiger partial charge in [0.05, 0.1) is 16.9 Å². The van der Waals surface area contributed by atoms with Crippen molar-refractivity contribution in [3.05, 3.63) is 59.9 Å². The van der Waals surface area contributed by atoms with Crippen LogP contribution in [0, 0.1) is 0 Å². The fraction of sp³-hybridized carbons (Fsp3) is 0.176. The summed E-state index contributed by atoms with van der Waals surface area (Å²) < 4.78 is 40.5. The number of alkyl halides is 3. The summed E-state index contributed by atoms with van der Waals surface area (Å²) in [5.74, 6) is 0.744. The molecule has 4 rings (SSSR count). The largest absolute Gasteiger partial charge is 0.416 e. The van der Waals surface area contributed by atoms with Crippen LogP contribution in [0.1, 0.15) is 11.1 Å². The zero-order valence-electron chi connectivity index (χ0n) is 12.5.